The van der Waals surface area contributed by atoms with Crippen molar-refractivity contribution in [3.05, 3.63) is 29.9 Å². The van der Waals surface area contributed by atoms with Gasteiger partial charge >= 0.3 is 0 Å². The van der Waals surface area contributed by atoms with E-state index in [1.807, 2.05) is 11.1 Å². The Kier molecular flexibility index (Phi) is 4.37. The normalized spacial score (nSPS) is 17.3. The highest BCUT2D eigenvalue weighted by atomic mass is 16.5. The first-order chi connectivity index (χ1) is 14.2. The minimum Gasteiger partial charge on any atom is -0.338 e. The second-order valence-electron chi connectivity index (χ2n) is 7.17. The van der Waals surface area contributed by atoms with E-state index >= 15 is 0 Å². The summed E-state index contributed by atoms with van der Waals surface area (Å²) < 4.78 is 7.14. The molecule has 2 aliphatic rings. The number of hydrogen-bond acceptors (Lipinski definition) is 9. The lowest BCUT2D eigenvalue weighted by molar-refractivity contribution is 0.0740. The van der Waals surface area contributed by atoms with Gasteiger partial charge in [0.25, 0.3) is 11.9 Å². The van der Waals surface area contributed by atoms with Crippen molar-refractivity contribution in [1.29, 1.82) is 0 Å². The summed E-state index contributed by atoms with van der Waals surface area (Å²) in [6.45, 7) is 6.68. The van der Waals surface area contributed by atoms with Gasteiger partial charge in [0.1, 0.15) is 17.8 Å². The molecule has 0 aromatic carbocycles. The number of carbonyl (C=O) groups excluding carboxylic acids is 1. The van der Waals surface area contributed by atoms with Crippen LogP contribution in [0.1, 0.15) is 22.2 Å². The minimum absolute atomic E-state index is 0.0200. The molecule has 152 valence electrons. The third kappa shape index (κ3) is 3.41. The van der Waals surface area contributed by atoms with Gasteiger partial charge in [-0.25, -0.2) is 10.1 Å². The molecule has 0 saturated carbocycles. The fraction of sp³-hybridized carbons (Fsp3) is 0.529. The van der Waals surface area contributed by atoms with Crippen LogP contribution in [0.5, 0.6) is 0 Å². The Morgan fingerprint density at radius 1 is 1.07 bits per heavy atom. The van der Waals surface area contributed by atoms with Crippen molar-refractivity contribution in [2.24, 2.45) is 0 Å². The van der Waals surface area contributed by atoms with E-state index in [0.29, 0.717) is 43.7 Å². The molecule has 0 bridgehead atoms. The third-order valence-electron chi connectivity index (χ3n) is 5.36. The highest BCUT2D eigenvalue weighted by Gasteiger charge is 2.27. The van der Waals surface area contributed by atoms with Gasteiger partial charge in [0.2, 0.25) is 11.8 Å². The average molecular weight is 398 g/mol. The molecule has 0 atom stereocenters. The van der Waals surface area contributed by atoms with E-state index in [9.17, 15) is 4.79 Å². The van der Waals surface area contributed by atoms with Crippen molar-refractivity contribution in [3.8, 4) is 0 Å². The predicted octanol–water partition coefficient (Wildman–Crippen LogP) is -0.282. The molecule has 5 heterocycles. The molecule has 0 spiro atoms. The molecule has 2 aliphatic heterocycles. The highest BCUT2D eigenvalue weighted by Crippen LogP contribution is 2.17. The number of piperazine rings is 1. The monoisotopic (exact) mass is 398 g/mol. The number of rotatable bonds is 3. The number of nitrogens with zero attached hydrogens (tertiary/aromatic N) is 9. The fourth-order valence-electron chi connectivity index (χ4n) is 3.78. The molecule has 12 heteroatoms. The highest BCUT2D eigenvalue weighted by molar-refractivity contribution is 5.92. The number of nitrogens with one attached hydrogen (secondary N) is 1. The molecule has 29 heavy (non-hydrogen) atoms. The predicted molar refractivity (Wildman–Crippen MR) is 102 cm³/mol. The maximum Gasteiger partial charge on any atom is 0.274 e. The van der Waals surface area contributed by atoms with E-state index in [1.165, 1.54) is 6.33 Å². The second kappa shape index (κ2) is 7.18. The molecule has 0 unspecified atom stereocenters. The fourth-order valence-corrected chi connectivity index (χ4v) is 3.78. The Morgan fingerprint density at radius 3 is 2.62 bits per heavy atom. The quantitative estimate of drug-likeness (QED) is 0.634. The van der Waals surface area contributed by atoms with E-state index in [2.05, 4.69) is 44.7 Å². The number of aromatic nitrogens is 7. The molecule has 1 saturated heterocycles. The van der Waals surface area contributed by atoms with Crippen molar-refractivity contribution in [3.63, 3.8) is 0 Å². The first-order valence-corrected chi connectivity index (χ1v) is 9.68. The minimum atomic E-state index is -0.0200. The summed E-state index contributed by atoms with van der Waals surface area (Å²) in [6.07, 6.45) is 4.08. The van der Waals surface area contributed by atoms with Crippen molar-refractivity contribution >= 4 is 17.8 Å². The van der Waals surface area contributed by atoms with Crippen LogP contribution >= 0.6 is 0 Å². The molecule has 5 rings (SSSR count). The Bertz CT molecular complexity index is 960. The largest absolute Gasteiger partial charge is 0.338 e. The summed E-state index contributed by atoms with van der Waals surface area (Å²) in [6, 6.07) is 0. The molecule has 3 aromatic heterocycles. The molecule has 1 amide bonds. The van der Waals surface area contributed by atoms with Crippen molar-refractivity contribution in [2.75, 3.05) is 49.1 Å². The number of amides is 1. The maximum atomic E-state index is 12.9. The molecule has 0 aliphatic carbocycles. The van der Waals surface area contributed by atoms with E-state index in [1.54, 1.807) is 6.92 Å². The summed E-state index contributed by atoms with van der Waals surface area (Å²) in [5.41, 5.74) is 0.511. The number of fused-ring (bicyclic) bond motifs is 1. The van der Waals surface area contributed by atoms with Crippen LogP contribution in [0.4, 0.5) is 11.9 Å². The van der Waals surface area contributed by atoms with Gasteiger partial charge in [0.15, 0.2) is 0 Å². The zero-order chi connectivity index (χ0) is 19.8. The van der Waals surface area contributed by atoms with Crippen LogP contribution in [0.25, 0.3) is 0 Å². The Labute approximate surface area is 166 Å². The van der Waals surface area contributed by atoms with Gasteiger partial charge in [-0.1, -0.05) is 0 Å². The zero-order valence-electron chi connectivity index (χ0n) is 16.2. The number of aromatic amines is 1. The average Bonchev–Trinajstić information content (AvgIpc) is 3.48. The van der Waals surface area contributed by atoms with E-state index in [-0.39, 0.29) is 5.91 Å². The summed E-state index contributed by atoms with van der Waals surface area (Å²) >= 11 is 0. The lowest BCUT2D eigenvalue weighted by Crippen LogP contribution is -2.49. The van der Waals surface area contributed by atoms with Crippen molar-refractivity contribution in [2.45, 2.75) is 19.9 Å². The van der Waals surface area contributed by atoms with Crippen LogP contribution in [-0.4, -0.2) is 84.9 Å². The van der Waals surface area contributed by atoms with Gasteiger partial charge in [-0.05, 0) is 5.16 Å². The number of aryl methyl sites for hydroxylation is 1. The number of hydrogen-bond donors (Lipinski definition) is 1. The second-order valence-corrected chi connectivity index (χ2v) is 7.17. The summed E-state index contributed by atoms with van der Waals surface area (Å²) in [7, 11) is 0. The molecule has 3 aromatic rings. The molecule has 12 nitrogen and oxygen atoms in total. The SMILES string of the molecule is Cc1nc(N2CCc3nc(C(=O)N4CCN(c5ncn[nH]5)CC4)cn3CC2)no1. The lowest BCUT2D eigenvalue weighted by atomic mass is 10.3. The van der Waals surface area contributed by atoms with Crippen LogP contribution in [0, 0.1) is 6.92 Å². The maximum absolute atomic E-state index is 12.9. The molecule has 0 radical (unpaired) electrons. The summed E-state index contributed by atoms with van der Waals surface area (Å²) in [4.78, 5) is 32.1. The standard InChI is InChI=1S/C17H22N10O2/c1-12-20-17(23-29-12)25-3-2-14-21-13(10-27(14)9-8-25)15(28)24-4-6-26(7-5-24)16-18-11-19-22-16/h10-11H,2-9H2,1H3,(H,18,19,22). The van der Waals surface area contributed by atoms with Gasteiger partial charge in [0, 0.05) is 65.4 Å². The summed E-state index contributed by atoms with van der Waals surface area (Å²) in [5.74, 6) is 2.80. The van der Waals surface area contributed by atoms with E-state index in [0.717, 1.165) is 37.8 Å². The number of H-pyrrole nitrogens is 1. The van der Waals surface area contributed by atoms with E-state index < -0.39 is 0 Å². The summed E-state index contributed by atoms with van der Waals surface area (Å²) in [5, 5.41) is 10.7. The first kappa shape index (κ1) is 17.6. The Morgan fingerprint density at radius 2 is 1.90 bits per heavy atom. The number of imidazole rings is 1. The molecular formula is C17H22N10O2. The van der Waals surface area contributed by atoms with Crippen molar-refractivity contribution < 1.29 is 9.32 Å². The van der Waals surface area contributed by atoms with Gasteiger partial charge in [-0.15, -0.1) is 0 Å². The van der Waals surface area contributed by atoms with Crippen LogP contribution in [0.2, 0.25) is 0 Å². The van der Waals surface area contributed by atoms with Crippen LogP contribution in [-0.2, 0) is 13.0 Å². The smallest absolute Gasteiger partial charge is 0.274 e. The van der Waals surface area contributed by atoms with Crippen LogP contribution in [0.15, 0.2) is 17.0 Å². The molecule has 1 N–H and O–H groups in total. The third-order valence-corrected chi connectivity index (χ3v) is 5.36. The Balaban J connectivity index is 1.22. The molecule has 1 fully saturated rings. The molecular weight excluding hydrogens is 376 g/mol. The van der Waals surface area contributed by atoms with E-state index in [4.69, 9.17) is 4.52 Å². The first-order valence-electron chi connectivity index (χ1n) is 9.68. The van der Waals surface area contributed by atoms with Gasteiger partial charge in [-0.3, -0.25) is 4.79 Å². The topological polar surface area (TPSA) is 125 Å². The lowest BCUT2D eigenvalue weighted by Gasteiger charge is -2.33. The van der Waals surface area contributed by atoms with Gasteiger partial charge in [-0.2, -0.15) is 15.1 Å². The number of anilines is 2. The van der Waals surface area contributed by atoms with Crippen molar-refractivity contribution in [1.82, 2.24) is 39.8 Å². The van der Waals surface area contributed by atoms with Crippen LogP contribution in [0.3, 0.4) is 0 Å². The van der Waals surface area contributed by atoms with Gasteiger partial charge in [0.05, 0.1) is 0 Å². The number of carbonyl (C=O) groups is 1. The Hall–Kier alpha value is -3.44. The van der Waals surface area contributed by atoms with Gasteiger partial charge < -0.3 is 23.8 Å². The zero-order valence-corrected chi connectivity index (χ0v) is 16.2. The van der Waals surface area contributed by atoms with Crippen LogP contribution < -0.4 is 9.80 Å².